The van der Waals surface area contributed by atoms with Gasteiger partial charge in [-0.15, -0.1) is 0 Å². The molecule has 1 unspecified atom stereocenters. The maximum Gasteiger partial charge on any atom is 0.449 e. The molecule has 1 atom stereocenters. The molecule has 2 heterocycles. The van der Waals surface area contributed by atoms with E-state index in [2.05, 4.69) is 4.98 Å². The zero-order valence-corrected chi connectivity index (χ0v) is 14.2. The number of nitrogens with two attached hydrogens (primary N) is 1. The van der Waals surface area contributed by atoms with Crippen LogP contribution in [0.1, 0.15) is 48.9 Å². The number of carbonyl (C=O) groups is 1. The highest BCUT2D eigenvalue weighted by atomic mass is 19.4. The summed E-state index contributed by atoms with van der Waals surface area (Å²) in [5.41, 5.74) is 6.78. The van der Waals surface area contributed by atoms with Crippen molar-refractivity contribution in [3.8, 4) is 0 Å². The molecule has 8 heteroatoms. The molecule has 0 spiro atoms. The molecule has 3 rings (SSSR count). The fourth-order valence-corrected chi connectivity index (χ4v) is 3.33. The molecule has 2 aromatic rings. The number of halogens is 3. The number of fused-ring (bicyclic) bond motifs is 1. The lowest BCUT2D eigenvalue weighted by Crippen LogP contribution is -2.45. The molecule has 1 amide bonds. The third-order valence-corrected chi connectivity index (χ3v) is 4.45. The number of piperidine rings is 1. The van der Waals surface area contributed by atoms with Crippen molar-refractivity contribution in [3.05, 3.63) is 29.6 Å². The number of aromatic nitrogens is 2. The number of benzene rings is 1. The Hall–Kier alpha value is -2.09. The second-order valence-electron chi connectivity index (χ2n) is 6.75. The summed E-state index contributed by atoms with van der Waals surface area (Å²) >= 11 is 0. The topological polar surface area (TPSA) is 64.2 Å². The standard InChI is InChI=1S/C17H21F3N4O/c1-10(2)24-14-6-5-11(8-13(14)22-16(24)17(18,19)20)15(25)23-7-3-4-12(21)9-23/h5-6,8,10,12H,3-4,7,9,21H2,1-2H3. The van der Waals surface area contributed by atoms with Crippen LogP contribution in [0, 0.1) is 0 Å². The van der Waals surface area contributed by atoms with Gasteiger partial charge in [0, 0.05) is 30.7 Å². The number of imidazole rings is 1. The minimum absolute atomic E-state index is 0.0570. The molecule has 1 aromatic carbocycles. The van der Waals surface area contributed by atoms with Crippen molar-refractivity contribution in [1.82, 2.24) is 14.5 Å². The summed E-state index contributed by atoms with van der Waals surface area (Å²) in [6, 6.07) is 4.08. The fraction of sp³-hybridized carbons (Fsp3) is 0.529. The molecule has 5 nitrogen and oxygen atoms in total. The van der Waals surface area contributed by atoms with E-state index in [1.54, 1.807) is 24.8 Å². The number of alkyl halides is 3. The van der Waals surface area contributed by atoms with Crippen LogP contribution in [0.25, 0.3) is 11.0 Å². The van der Waals surface area contributed by atoms with Crippen LogP contribution >= 0.6 is 0 Å². The van der Waals surface area contributed by atoms with E-state index in [0.29, 0.717) is 24.2 Å². The summed E-state index contributed by atoms with van der Waals surface area (Å²) in [4.78, 5) is 18.0. The van der Waals surface area contributed by atoms with Gasteiger partial charge in [-0.1, -0.05) is 0 Å². The molecule has 1 aromatic heterocycles. The van der Waals surface area contributed by atoms with Crippen molar-refractivity contribution >= 4 is 16.9 Å². The summed E-state index contributed by atoms with van der Waals surface area (Å²) in [6.07, 6.45) is -2.85. The van der Waals surface area contributed by atoms with Crippen LogP contribution < -0.4 is 5.73 Å². The van der Waals surface area contributed by atoms with Crippen LogP contribution in [-0.4, -0.2) is 39.5 Å². The van der Waals surface area contributed by atoms with Gasteiger partial charge in [0.05, 0.1) is 11.0 Å². The van der Waals surface area contributed by atoms with Crippen molar-refractivity contribution < 1.29 is 18.0 Å². The molecule has 2 N–H and O–H groups in total. The van der Waals surface area contributed by atoms with E-state index >= 15 is 0 Å². The summed E-state index contributed by atoms with van der Waals surface area (Å²) in [5, 5.41) is 0. The van der Waals surface area contributed by atoms with Gasteiger partial charge in [-0.3, -0.25) is 4.79 Å². The molecule has 0 radical (unpaired) electrons. The van der Waals surface area contributed by atoms with E-state index in [1.165, 1.54) is 12.1 Å². The van der Waals surface area contributed by atoms with Gasteiger partial charge in [0.1, 0.15) is 0 Å². The van der Waals surface area contributed by atoms with E-state index in [4.69, 9.17) is 5.73 Å². The summed E-state index contributed by atoms with van der Waals surface area (Å²) in [5.74, 6) is -1.16. The number of hydrogen-bond acceptors (Lipinski definition) is 3. The summed E-state index contributed by atoms with van der Waals surface area (Å²) in [7, 11) is 0. The first-order valence-electron chi connectivity index (χ1n) is 8.32. The molecule has 1 fully saturated rings. The molecular weight excluding hydrogens is 333 g/mol. The first-order chi connectivity index (χ1) is 11.7. The largest absolute Gasteiger partial charge is 0.449 e. The highest BCUT2D eigenvalue weighted by Gasteiger charge is 2.38. The monoisotopic (exact) mass is 354 g/mol. The van der Waals surface area contributed by atoms with Gasteiger partial charge in [0.15, 0.2) is 0 Å². The second-order valence-corrected chi connectivity index (χ2v) is 6.75. The van der Waals surface area contributed by atoms with Gasteiger partial charge in [-0.25, -0.2) is 4.98 Å². The number of carbonyl (C=O) groups excluding carboxylic acids is 1. The van der Waals surface area contributed by atoms with Crippen LogP contribution in [0.4, 0.5) is 13.2 Å². The smallest absolute Gasteiger partial charge is 0.337 e. The maximum atomic E-state index is 13.3. The Labute approximate surface area is 143 Å². The molecule has 0 saturated carbocycles. The maximum absolute atomic E-state index is 13.3. The van der Waals surface area contributed by atoms with Gasteiger partial charge in [-0.2, -0.15) is 13.2 Å². The quantitative estimate of drug-likeness (QED) is 0.901. The Morgan fingerprint density at radius 3 is 2.68 bits per heavy atom. The van der Waals surface area contributed by atoms with Crippen molar-refractivity contribution in [2.75, 3.05) is 13.1 Å². The van der Waals surface area contributed by atoms with Gasteiger partial charge in [0.25, 0.3) is 5.91 Å². The normalized spacial score (nSPS) is 19.0. The Balaban J connectivity index is 2.01. The summed E-state index contributed by atoms with van der Waals surface area (Å²) < 4.78 is 41.0. The van der Waals surface area contributed by atoms with Crippen LogP contribution in [-0.2, 0) is 6.18 Å². The Kier molecular flexibility index (Phi) is 4.49. The van der Waals surface area contributed by atoms with Gasteiger partial charge >= 0.3 is 6.18 Å². The van der Waals surface area contributed by atoms with E-state index in [0.717, 1.165) is 17.4 Å². The van der Waals surface area contributed by atoms with Crippen molar-refractivity contribution in [1.29, 1.82) is 0 Å². The Morgan fingerprint density at radius 1 is 1.36 bits per heavy atom. The van der Waals surface area contributed by atoms with Crippen LogP contribution in [0.5, 0.6) is 0 Å². The minimum Gasteiger partial charge on any atom is -0.337 e. The molecule has 0 bridgehead atoms. The third kappa shape index (κ3) is 3.35. The number of amides is 1. The number of rotatable bonds is 2. The Bertz CT molecular complexity index is 797. The molecule has 1 saturated heterocycles. The zero-order chi connectivity index (χ0) is 18.4. The minimum atomic E-state index is -4.55. The van der Waals surface area contributed by atoms with E-state index < -0.39 is 18.0 Å². The first kappa shape index (κ1) is 17.7. The van der Waals surface area contributed by atoms with Crippen molar-refractivity contribution in [2.24, 2.45) is 5.73 Å². The molecule has 1 aliphatic rings. The molecular formula is C17H21F3N4O. The first-order valence-corrected chi connectivity index (χ1v) is 8.32. The third-order valence-electron chi connectivity index (χ3n) is 4.45. The highest BCUT2D eigenvalue weighted by Crippen LogP contribution is 2.34. The summed E-state index contributed by atoms with van der Waals surface area (Å²) in [6.45, 7) is 4.42. The number of hydrogen-bond donors (Lipinski definition) is 1. The second kappa shape index (κ2) is 6.33. The van der Waals surface area contributed by atoms with Gasteiger partial charge in [0.2, 0.25) is 5.82 Å². The van der Waals surface area contributed by atoms with Gasteiger partial charge < -0.3 is 15.2 Å². The average Bonchev–Trinajstić information content (AvgIpc) is 2.93. The lowest BCUT2D eigenvalue weighted by Gasteiger charge is -2.30. The molecule has 25 heavy (non-hydrogen) atoms. The number of likely N-dealkylation sites (tertiary alicyclic amines) is 1. The van der Waals surface area contributed by atoms with E-state index in [1.807, 2.05) is 0 Å². The lowest BCUT2D eigenvalue weighted by atomic mass is 10.1. The van der Waals surface area contributed by atoms with E-state index in [9.17, 15) is 18.0 Å². The SMILES string of the molecule is CC(C)n1c(C(F)(F)F)nc2cc(C(=O)N3CCCC(N)C3)ccc21. The molecule has 0 aliphatic carbocycles. The van der Waals surface area contributed by atoms with Crippen molar-refractivity contribution in [3.63, 3.8) is 0 Å². The predicted octanol–water partition coefficient (Wildman–Crippen LogP) is 3.20. The number of nitrogens with zero attached hydrogens (tertiary/aromatic N) is 3. The van der Waals surface area contributed by atoms with Gasteiger partial charge in [-0.05, 0) is 44.9 Å². The Morgan fingerprint density at radius 2 is 2.08 bits per heavy atom. The highest BCUT2D eigenvalue weighted by molar-refractivity contribution is 5.97. The van der Waals surface area contributed by atoms with Crippen LogP contribution in [0.3, 0.4) is 0 Å². The zero-order valence-electron chi connectivity index (χ0n) is 14.2. The fourth-order valence-electron chi connectivity index (χ4n) is 3.33. The van der Waals surface area contributed by atoms with Crippen LogP contribution in [0.2, 0.25) is 0 Å². The average molecular weight is 354 g/mol. The predicted molar refractivity (Wildman–Crippen MR) is 88.2 cm³/mol. The molecule has 1 aliphatic heterocycles. The van der Waals surface area contributed by atoms with Crippen molar-refractivity contribution in [2.45, 2.75) is 44.9 Å². The molecule has 136 valence electrons. The lowest BCUT2D eigenvalue weighted by molar-refractivity contribution is -0.147. The van der Waals surface area contributed by atoms with Crippen LogP contribution in [0.15, 0.2) is 18.2 Å². The van der Waals surface area contributed by atoms with E-state index in [-0.39, 0.29) is 17.5 Å².